The summed E-state index contributed by atoms with van der Waals surface area (Å²) in [6, 6.07) is 4.55. The van der Waals surface area contributed by atoms with Crippen LogP contribution in [0.15, 0.2) is 12.1 Å². The average Bonchev–Trinajstić information content (AvgIpc) is 3.01. The number of hydrogen-bond acceptors (Lipinski definition) is 3. The second-order valence-corrected chi connectivity index (χ2v) is 6.26. The molecule has 3 rings (SSSR count). The molecule has 0 aliphatic carbocycles. The topological polar surface area (TPSA) is 36.4 Å². The normalized spacial score (nSPS) is 22.7. The second-order valence-electron chi connectivity index (χ2n) is 6.26. The minimum Gasteiger partial charge on any atom is -0.357 e. The Kier molecular flexibility index (Phi) is 4.13. The van der Waals surface area contributed by atoms with Crippen LogP contribution in [0.2, 0.25) is 0 Å². The van der Waals surface area contributed by atoms with Gasteiger partial charge in [0.15, 0.2) is 0 Å². The zero-order valence-electron chi connectivity index (χ0n) is 13.1. The molecule has 1 aromatic heterocycles. The zero-order valence-corrected chi connectivity index (χ0v) is 13.1. The van der Waals surface area contributed by atoms with Gasteiger partial charge in [-0.05, 0) is 50.7 Å². The number of piperidine rings is 1. The van der Waals surface area contributed by atoms with Gasteiger partial charge in [-0.1, -0.05) is 6.07 Å². The van der Waals surface area contributed by atoms with Gasteiger partial charge in [0, 0.05) is 32.3 Å². The molecule has 1 atom stereocenters. The Morgan fingerprint density at radius 3 is 2.52 bits per heavy atom. The van der Waals surface area contributed by atoms with Crippen LogP contribution in [-0.2, 0) is 4.79 Å². The van der Waals surface area contributed by atoms with E-state index in [1.165, 1.54) is 24.8 Å². The maximum atomic E-state index is 11.9. The maximum absolute atomic E-state index is 11.9. The van der Waals surface area contributed by atoms with E-state index < -0.39 is 0 Å². The highest BCUT2D eigenvalue weighted by molar-refractivity contribution is 5.74. The fraction of sp³-hybridized carbons (Fsp3) is 0.647. The molecule has 1 amide bonds. The predicted molar refractivity (Wildman–Crippen MR) is 84.4 cm³/mol. The van der Waals surface area contributed by atoms with E-state index in [0.717, 1.165) is 44.0 Å². The number of likely N-dealkylation sites (tertiary alicyclic amines) is 1. The van der Waals surface area contributed by atoms with Crippen LogP contribution in [0.25, 0.3) is 0 Å². The molecule has 2 saturated heterocycles. The van der Waals surface area contributed by atoms with Crippen molar-refractivity contribution in [3.8, 4) is 0 Å². The first-order valence-electron chi connectivity index (χ1n) is 8.16. The van der Waals surface area contributed by atoms with Crippen molar-refractivity contribution < 1.29 is 4.79 Å². The molecular weight excluding hydrogens is 262 g/mol. The molecule has 0 saturated carbocycles. The minimum absolute atomic E-state index is 0.183. The monoisotopic (exact) mass is 287 g/mol. The summed E-state index contributed by atoms with van der Waals surface area (Å²) < 4.78 is 0. The van der Waals surface area contributed by atoms with Gasteiger partial charge in [0.05, 0.1) is 6.04 Å². The number of carbonyl (C=O) groups is 1. The van der Waals surface area contributed by atoms with Gasteiger partial charge in [-0.25, -0.2) is 4.98 Å². The zero-order chi connectivity index (χ0) is 14.8. The molecule has 0 radical (unpaired) electrons. The maximum Gasteiger partial charge on any atom is 0.219 e. The number of anilines is 1. The molecule has 0 unspecified atom stereocenters. The number of aryl methyl sites for hydroxylation is 1. The van der Waals surface area contributed by atoms with Crippen LogP contribution in [0, 0.1) is 6.92 Å². The van der Waals surface area contributed by atoms with Crippen molar-refractivity contribution in [1.29, 1.82) is 0 Å². The highest BCUT2D eigenvalue weighted by atomic mass is 16.2. The molecular formula is C17H25N3O. The Morgan fingerprint density at radius 1 is 1.14 bits per heavy atom. The van der Waals surface area contributed by atoms with Crippen molar-refractivity contribution >= 4 is 11.7 Å². The van der Waals surface area contributed by atoms with Crippen molar-refractivity contribution in [2.45, 2.75) is 52.0 Å². The smallest absolute Gasteiger partial charge is 0.219 e. The first kappa shape index (κ1) is 14.4. The first-order chi connectivity index (χ1) is 10.2. The van der Waals surface area contributed by atoms with Crippen LogP contribution in [0.5, 0.6) is 0 Å². The van der Waals surface area contributed by atoms with Crippen molar-refractivity contribution in [3.63, 3.8) is 0 Å². The molecule has 0 N–H and O–H groups in total. The molecule has 1 aromatic rings. The highest BCUT2D eigenvalue weighted by Gasteiger charge is 2.27. The number of pyridine rings is 1. The summed E-state index contributed by atoms with van der Waals surface area (Å²) in [7, 11) is 0. The molecule has 3 heterocycles. The fourth-order valence-corrected chi connectivity index (χ4v) is 3.66. The van der Waals surface area contributed by atoms with Crippen LogP contribution in [0.1, 0.15) is 56.3 Å². The van der Waals surface area contributed by atoms with E-state index in [0.29, 0.717) is 0 Å². The lowest BCUT2D eigenvalue weighted by Crippen LogP contribution is -2.37. The molecule has 2 fully saturated rings. The van der Waals surface area contributed by atoms with E-state index in [2.05, 4.69) is 24.0 Å². The predicted octanol–water partition coefficient (Wildman–Crippen LogP) is 3.06. The van der Waals surface area contributed by atoms with Crippen LogP contribution in [0.4, 0.5) is 5.82 Å². The molecule has 2 aliphatic rings. The Balaban J connectivity index is 1.85. The van der Waals surface area contributed by atoms with Crippen molar-refractivity contribution in [2.75, 3.05) is 24.5 Å². The number of rotatable bonds is 2. The Bertz CT molecular complexity index is 523. The van der Waals surface area contributed by atoms with E-state index in [1.54, 1.807) is 6.92 Å². The van der Waals surface area contributed by atoms with Gasteiger partial charge in [-0.3, -0.25) is 4.79 Å². The quantitative estimate of drug-likeness (QED) is 0.839. The van der Waals surface area contributed by atoms with Crippen LogP contribution >= 0.6 is 0 Å². The lowest BCUT2D eigenvalue weighted by atomic mass is 9.94. The van der Waals surface area contributed by atoms with E-state index in [-0.39, 0.29) is 11.9 Å². The third kappa shape index (κ3) is 2.89. The van der Waals surface area contributed by atoms with E-state index in [9.17, 15) is 4.79 Å². The molecule has 4 heteroatoms. The van der Waals surface area contributed by atoms with E-state index in [1.807, 2.05) is 4.90 Å². The Morgan fingerprint density at radius 2 is 1.86 bits per heavy atom. The standard InChI is InChI=1S/C17H25N3O/c1-13-15(16-7-3-4-12-20(16)14(2)21)8-9-17(18-13)19-10-5-6-11-19/h8-9,16H,3-7,10-12H2,1-2H3/t16-/m0/s1. The summed E-state index contributed by atoms with van der Waals surface area (Å²) in [5.41, 5.74) is 2.31. The van der Waals surface area contributed by atoms with Crippen LogP contribution in [-0.4, -0.2) is 35.4 Å². The van der Waals surface area contributed by atoms with E-state index >= 15 is 0 Å². The first-order valence-corrected chi connectivity index (χ1v) is 8.16. The van der Waals surface area contributed by atoms with Gasteiger partial charge < -0.3 is 9.80 Å². The third-order valence-corrected chi connectivity index (χ3v) is 4.81. The lowest BCUT2D eigenvalue weighted by Gasteiger charge is -2.36. The molecule has 2 aliphatic heterocycles. The summed E-state index contributed by atoms with van der Waals surface area (Å²) in [6.07, 6.45) is 5.91. The Hall–Kier alpha value is -1.58. The Labute approximate surface area is 127 Å². The molecule has 0 bridgehead atoms. The SMILES string of the molecule is CC(=O)N1CCCC[C@H]1c1ccc(N2CCCC2)nc1C. The van der Waals surface area contributed by atoms with Crippen LogP contribution in [0.3, 0.4) is 0 Å². The number of aromatic nitrogens is 1. The summed E-state index contributed by atoms with van der Waals surface area (Å²) in [5, 5.41) is 0. The number of amides is 1. The largest absolute Gasteiger partial charge is 0.357 e. The summed E-state index contributed by atoms with van der Waals surface area (Å²) in [6.45, 7) is 6.89. The van der Waals surface area contributed by atoms with Gasteiger partial charge in [-0.15, -0.1) is 0 Å². The number of hydrogen-bond donors (Lipinski definition) is 0. The van der Waals surface area contributed by atoms with Gasteiger partial charge in [0.25, 0.3) is 0 Å². The third-order valence-electron chi connectivity index (χ3n) is 4.81. The summed E-state index contributed by atoms with van der Waals surface area (Å²) in [4.78, 5) is 21.1. The minimum atomic E-state index is 0.183. The highest BCUT2D eigenvalue weighted by Crippen LogP contribution is 2.33. The number of carbonyl (C=O) groups excluding carboxylic acids is 1. The lowest BCUT2D eigenvalue weighted by molar-refractivity contribution is -0.132. The van der Waals surface area contributed by atoms with Crippen LogP contribution < -0.4 is 4.90 Å². The second kappa shape index (κ2) is 6.04. The van der Waals surface area contributed by atoms with Gasteiger partial charge in [-0.2, -0.15) is 0 Å². The molecule has 4 nitrogen and oxygen atoms in total. The molecule has 114 valence electrons. The van der Waals surface area contributed by atoms with Gasteiger partial charge in [0.1, 0.15) is 5.82 Å². The van der Waals surface area contributed by atoms with E-state index in [4.69, 9.17) is 4.98 Å². The summed E-state index contributed by atoms with van der Waals surface area (Å²) in [5.74, 6) is 1.28. The van der Waals surface area contributed by atoms with Crippen molar-refractivity contribution in [2.24, 2.45) is 0 Å². The van der Waals surface area contributed by atoms with Gasteiger partial charge >= 0.3 is 0 Å². The molecule has 21 heavy (non-hydrogen) atoms. The number of nitrogens with zero attached hydrogens (tertiary/aromatic N) is 3. The fourth-order valence-electron chi connectivity index (χ4n) is 3.66. The average molecular weight is 287 g/mol. The summed E-state index contributed by atoms with van der Waals surface area (Å²) >= 11 is 0. The van der Waals surface area contributed by atoms with Gasteiger partial charge in [0.2, 0.25) is 5.91 Å². The van der Waals surface area contributed by atoms with Crippen molar-refractivity contribution in [3.05, 3.63) is 23.4 Å². The molecule has 0 spiro atoms. The van der Waals surface area contributed by atoms with Crippen molar-refractivity contribution in [1.82, 2.24) is 9.88 Å². The molecule has 0 aromatic carbocycles.